The van der Waals surface area contributed by atoms with Gasteiger partial charge < -0.3 is 10.4 Å². The third-order valence-corrected chi connectivity index (χ3v) is 4.78. The van der Waals surface area contributed by atoms with Gasteiger partial charge in [0.2, 0.25) is 0 Å². The summed E-state index contributed by atoms with van der Waals surface area (Å²) >= 11 is 0. The molecule has 1 heterocycles. The molecule has 17 heavy (non-hydrogen) atoms. The molecule has 1 fully saturated rings. The highest BCUT2D eigenvalue weighted by Crippen LogP contribution is 2.21. The predicted molar refractivity (Wildman–Crippen MR) is 67.9 cm³/mol. The van der Waals surface area contributed by atoms with E-state index in [1.54, 1.807) is 0 Å². The van der Waals surface area contributed by atoms with Gasteiger partial charge in [0.1, 0.15) is 0 Å². The summed E-state index contributed by atoms with van der Waals surface area (Å²) in [6.45, 7) is 2.04. The Morgan fingerprint density at radius 3 is 2.65 bits per heavy atom. The van der Waals surface area contributed by atoms with Crippen LogP contribution in [0, 0.1) is 0 Å². The molecule has 1 aliphatic heterocycles. The van der Waals surface area contributed by atoms with Crippen LogP contribution >= 0.6 is 0 Å². The van der Waals surface area contributed by atoms with E-state index in [1.807, 2.05) is 31.2 Å². The van der Waals surface area contributed by atoms with E-state index >= 15 is 0 Å². The summed E-state index contributed by atoms with van der Waals surface area (Å²) in [6, 6.07) is 7.37. The first-order valence-corrected chi connectivity index (χ1v) is 7.57. The highest BCUT2D eigenvalue weighted by Gasteiger charge is 2.36. The molecule has 0 amide bonds. The van der Waals surface area contributed by atoms with Gasteiger partial charge in [-0.15, -0.1) is 0 Å². The van der Waals surface area contributed by atoms with E-state index in [0.717, 1.165) is 17.7 Å². The molecule has 2 rings (SSSR count). The van der Waals surface area contributed by atoms with Crippen LogP contribution in [0.4, 0.5) is 5.69 Å². The number of benzene rings is 1. The lowest BCUT2D eigenvalue weighted by molar-refractivity contribution is 0.190. The van der Waals surface area contributed by atoms with Crippen molar-refractivity contribution >= 4 is 15.5 Å². The Balaban J connectivity index is 2.16. The second kappa shape index (κ2) is 4.66. The highest BCUT2D eigenvalue weighted by molar-refractivity contribution is 7.91. The second-order valence-corrected chi connectivity index (χ2v) is 6.56. The van der Waals surface area contributed by atoms with Crippen molar-refractivity contribution in [2.75, 3.05) is 16.8 Å². The maximum atomic E-state index is 11.4. The van der Waals surface area contributed by atoms with Gasteiger partial charge in [-0.2, -0.15) is 0 Å². The number of hydrogen-bond acceptors (Lipinski definition) is 4. The van der Waals surface area contributed by atoms with Crippen LogP contribution < -0.4 is 5.32 Å². The summed E-state index contributed by atoms with van der Waals surface area (Å²) in [5.41, 5.74) is 2.04. The molecule has 2 N–H and O–H groups in total. The SMILES string of the molecule is CCc1ccccc1NC1CS(=O)(=O)CC1O. The van der Waals surface area contributed by atoms with Crippen molar-refractivity contribution in [3.63, 3.8) is 0 Å². The van der Waals surface area contributed by atoms with Crippen molar-refractivity contribution in [2.45, 2.75) is 25.5 Å². The number of aliphatic hydroxyl groups is 1. The van der Waals surface area contributed by atoms with Gasteiger partial charge in [-0.05, 0) is 18.1 Å². The van der Waals surface area contributed by atoms with Crippen molar-refractivity contribution in [2.24, 2.45) is 0 Å². The van der Waals surface area contributed by atoms with E-state index in [4.69, 9.17) is 0 Å². The van der Waals surface area contributed by atoms with Crippen molar-refractivity contribution in [3.8, 4) is 0 Å². The fourth-order valence-corrected chi connectivity index (χ4v) is 3.88. The second-order valence-electron chi connectivity index (χ2n) is 4.41. The Morgan fingerprint density at radius 1 is 1.35 bits per heavy atom. The summed E-state index contributed by atoms with van der Waals surface area (Å²) in [5, 5.41) is 12.8. The molecule has 0 saturated carbocycles. The van der Waals surface area contributed by atoms with Gasteiger partial charge in [0.05, 0.1) is 23.7 Å². The minimum Gasteiger partial charge on any atom is -0.390 e. The van der Waals surface area contributed by atoms with E-state index in [1.165, 1.54) is 0 Å². The molecule has 1 saturated heterocycles. The number of nitrogens with one attached hydrogen (secondary N) is 1. The van der Waals surface area contributed by atoms with Gasteiger partial charge in [-0.25, -0.2) is 8.42 Å². The molecule has 0 radical (unpaired) electrons. The highest BCUT2D eigenvalue weighted by atomic mass is 32.2. The number of rotatable bonds is 3. The quantitative estimate of drug-likeness (QED) is 0.839. The molecule has 4 nitrogen and oxygen atoms in total. The molecule has 2 unspecified atom stereocenters. The van der Waals surface area contributed by atoms with E-state index in [-0.39, 0.29) is 11.5 Å². The zero-order chi connectivity index (χ0) is 12.5. The lowest BCUT2D eigenvalue weighted by Gasteiger charge is -2.18. The standard InChI is InChI=1S/C12H17NO3S/c1-2-9-5-3-4-6-10(9)13-11-7-17(15,16)8-12(11)14/h3-6,11-14H,2,7-8H2,1H3. The first kappa shape index (κ1) is 12.4. The Morgan fingerprint density at radius 2 is 2.06 bits per heavy atom. The number of para-hydroxylation sites is 1. The molecule has 1 aromatic rings. The maximum absolute atomic E-state index is 11.4. The normalized spacial score (nSPS) is 26.9. The molecule has 5 heteroatoms. The number of sulfone groups is 1. The first-order chi connectivity index (χ1) is 8.02. The zero-order valence-electron chi connectivity index (χ0n) is 9.76. The number of anilines is 1. The van der Waals surface area contributed by atoms with Crippen molar-refractivity contribution < 1.29 is 13.5 Å². The van der Waals surface area contributed by atoms with E-state index in [2.05, 4.69) is 5.32 Å². The Kier molecular flexibility index (Phi) is 3.40. The largest absolute Gasteiger partial charge is 0.390 e. The van der Waals surface area contributed by atoms with E-state index in [9.17, 15) is 13.5 Å². The molecule has 0 bridgehead atoms. The van der Waals surface area contributed by atoms with Crippen LogP contribution in [0.1, 0.15) is 12.5 Å². The molecular formula is C12H17NO3S. The van der Waals surface area contributed by atoms with E-state index in [0.29, 0.717) is 0 Å². The first-order valence-electron chi connectivity index (χ1n) is 5.75. The molecule has 94 valence electrons. The van der Waals surface area contributed by atoms with Gasteiger partial charge in [-0.3, -0.25) is 0 Å². The van der Waals surface area contributed by atoms with E-state index < -0.39 is 22.0 Å². The number of hydrogen-bond donors (Lipinski definition) is 2. The third-order valence-electron chi connectivity index (χ3n) is 3.06. The lowest BCUT2D eigenvalue weighted by Crippen LogP contribution is -2.32. The van der Waals surface area contributed by atoms with Crippen molar-refractivity contribution in [1.29, 1.82) is 0 Å². The van der Waals surface area contributed by atoms with Crippen molar-refractivity contribution in [1.82, 2.24) is 0 Å². The van der Waals surface area contributed by atoms with Crippen LogP contribution in [0.2, 0.25) is 0 Å². The van der Waals surface area contributed by atoms with Crippen LogP contribution in [0.25, 0.3) is 0 Å². The van der Waals surface area contributed by atoms with Crippen LogP contribution in [0.15, 0.2) is 24.3 Å². The average Bonchev–Trinajstić information content (AvgIpc) is 2.52. The van der Waals surface area contributed by atoms with Gasteiger partial charge in [0.25, 0.3) is 0 Å². The third kappa shape index (κ3) is 2.79. The molecule has 1 aliphatic rings. The fourth-order valence-electron chi connectivity index (χ4n) is 2.14. The topological polar surface area (TPSA) is 66.4 Å². The summed E-state index contributed by atoms with van der Waals surface area (Å²) in [7, 11) is -3.10. The molecular weight excluding hydrogens is 238 g/mol. The Bertz CT molecular complexity index is 498. The summed E-state index contributed by atoms with van der Waals surface area (Å²) in [5.74, 6) is -0.134. The van der Waals surface area contributed by atoms with Gasteiger partial charge in [-0.1, -0.05) is 25.1 Å². The molecule has 1 aromatic carbocycles. The molecule has 0 aromatic heterocycles. The number of aryl methyl sites for hydroxylation is 1. The Labute approximate surface area is 102 Å². The zero-order valence-corrected chi connectivity index (χ0v) is 10.6. The average molecular weight is 255 g/mol. The molecule has 0 aliphatic carbocycles. The van der Waals surface area contributed by atoms with Crippen LogP contribution in [0.5, 0.6) is 0 Å². The summed E-state index contributed by atoms with van der Waals surface area (Å²) in [4.78, 5) is 0. The van der Waals surface area contributed by atoms with Crippen LogP contribution in [0.3, 0.4) is 0 Å². The predicted octanol–water partition coefficient (Wildman–Crippen LogP) is 0.819. The number of aliphatic hydroxyl groups excluding tert-OH is 1. The Hall–Kier alpha value is -1.07. The minimum atomic E-state index is -3.10. The smallest absolute Gasteiger partial charge is 0.155 e. The minimum absolute atomic E-state index is 0.00617. The monoisotopic (exact) mass is 255 g/mol. The lowest BCUT2D eigenvalue weighted by atomic mass is 10.1. The van der Waals surface area contributed by atoms with Gasteiger partial charge in [0, 0.05) is 5.69 Å². The van der Waals surface area contributed by atoms with Gasteiger partial charge in [0.15, 0.2) is 9.84 Å². The van der Waals surface area contributed by atoms with Crippen LogP contribution in [-0.4, -0.2) is 37.2 Å². The van der Waals surface area contributed by atoms with Crippen LogP contribution in [-0.2, 0) is 16.3 Å². The van der Waals surface area contributed by atoms with Gasteiger partial charge >= 0.3 is 0 Å². The maximum Gasteiger partial charge on any atom is 0.155 e. The fraction of sp³-hybridized carbons (Fsp3) is 0.500. The van der Waals surface area contributed by atoms with Crippen molar-refractivity contribution in [3.05, 3.63) is 29.8 Å². The molecule has 0 spiro atoms. The summed E-state index contributed by atoms with van der Waals surface area (Å²) < 4.78 is 22.8. The summed E-state index contributed by atoms with van der Waals surface area (Å²) in [6.07, 6.45) is 0.0589. The molecule has 2 atom stereocenters.